The Morgan fingerprint density at radius 1 is 1.08 bits per heavy atom. The zero-order chi connectivity index (χ0) is 25.7. The van der Waals surface area contributed by atoms with E-state index >= 15 is 0 Å². The predicted octanol–water partition coefficient (Wildman–Crippen LogP) is 7.29. The van der Waals surface area contributed by atoms with Crippen molar-refractivity contribution >= 4 is 46.0 Å². The topological polar surface area (TPSA) is 43.7 Å². The summed E-state index contributed by atoms with van der Waals surface area (Å²) in [6, 6.07) is 15.7. The molecule has 5 nitrogen and oxygen atoms in total. The first-order valence-electron chi connectivity index (χ1n) is 12.4. The molecule has 2 aliphatic heterocycles. The number of nitrogens with zero attached hydrogens (tertiary/aromatic N) is 2. The van der Waals surface area contributed by atoms with E-state index in [1.165, 1.54) is 0 Å². The molecule has 0 aliphatic carbocycles. The number of carbonyl (C=O) groups is 1. The normalized spacial score (nSPS) is 16.1. The summed E-state index contributed by atoms with van der Waals surface area (Å²) in [6.45, 7) is 6.84. The van der Waals surface area contributed by atoms with Gasteiger partial charge in [0.05, 0.1) is 5.56 Å². The quantitative estimate of drug-likeness (QED) is 0.253. The number of hydrogen-bond donors (Lipinski definition) is 0. The van der Waals surface area contributed by atoms with E-state index in [2.05, 4.69) is 34.7 Å². The highest BCUT2D eigenvalue weighted by Crippen LogP contribution is 2.43. The fraction of sp³-hybridized carbons (Fsp3) is 0.233. The van der Waals surface area contributed by atoms with Crippen molar-refractivity contribution in [2.45, 2.75) is 33.4 Å². The smallest absolute Gasteiger partial charge is 0.231 e. The molecule has 0 spiro atoms. The summed E-state index contributed by atoms with van der Waals surface area (Å²) in [4.78, 5) is 15.6. The third-order valence-corrected chi connectivity index (χ3v) is 7.75. The van der Waals surface area contributed by atoms with Crippen molar-refractivity contribution in [3.05, 3.63) is 98.3 Å². The fourth-order valence-corrected chi connectivity index (χ4v) is 5.74. The standard InChI is InChI=1S/C30H26Cl2N2O3/c1-3-34-16-20(23-6-4-5-7-26(23)34)13-27-28(35)24-12-21-15-33(17-36-29(21)18(2)30(24)37-27)11-10-19-8-9-22(31)14-25(19)32/h4-9,12-14,16H,3,10-11,15,17H2,1-2H3/b27-13-. The number of fused-ring (bicyclic) bond motifs is 3. The lowest BCUT2D eigenvalue weighted by Crippen LogP contribution is -2.34. The van der Waals surface area contributed by atoms with Crippen LogP contribution in [0.5, 0.6) is 11.5 Å². The van der Waals surface area contributed by atoms with Gasteiger partial charge in [0, 0.05) is 63.5 Å². The zero-order valence-corrected chi connectivity index (χ0v) is 22.2. The van der Waals surface area contributed by atoms with Gasteiger partial charge in [0.2, 0.25) is 5.78 Å². The molecule has 3 heterocycles. The van der Waals surface area contributed by atoms with Gasteiger partial charge in [-0.25, -0.2) is 0 Å². The second kappa shape index (κ2) is 9.56. The Bertz CT molecular complexity index is 1590. The van der Waals surface area contributed by atoms with Gasteiger partial charge in [-0.1, -0.05) is 47.5 Å². The first-order valence-corrected chi connectivity index (χ1v) is 13.2. The molecule has 0 atom stereocenters. The van der Waals surface area contributed by atoms with Crippen LogP contribution in [0.3, 0.4) is 0 Å². The third kappa shape index (κ3) is 4.31. The Hall–Kier alpha value is -3.25. The number of para-hydroxylation sites is 1. The Balaban J connectivity index is 1.25. The van der Waals surface area contributed by atoms with Crippen molar-refractivity contribution in [3.63, 3.8) is 0 Å². The van der Waals surface area contributed by atoms with Crippen molar-refractivity contribution in [1.82, 2.24) is 9.47 Å². The number of aryl methyl sites for hydroxylation is 1. The molecule has 188 valence electrons. The number of ketones is 1. The highest BCUT2D eigenvalue weighted by atomic mass is 35.5. The molecule has 6 rings (SSSR count). The number of benzene rings is 3. The lowest BCUT2D eigenvalue weighted by molar-refractivity contribution is 0.0954. The van der Waals surface area contributed by atoms with Gasteiger partial charge in [-0.05, 0) is 56.2 Å². The number of allylic oxidation sites excluding steroid dienone is 1. The molecular formula is C30H26Cl2N2O3. The second-order valence-corrected chi connectivity index (χ2v) is 10.3. The maximum absolute atomic E-state index is 13.4. The number of halogens is 2. The van der Waals surface area contributed by atoms with E-state index in [1.54, 1.807) is 6.07 Å². The first-order chi connectivity index (χ1) is 17.9. The molecule has 1 aromatic heterocycles. The molecule has 0 fully saturated rings. The van der Waals surface area contributed by atoms with Gasteiger partial charge in [0.1, 0.15) is 18.2 Å². The summed E-state index contributed by atoms with van der Waals surface area (Å²) < 4.78 is 14.5. The van der Waals surface area contributed by atoms with E-state index < -0.39 is 0 Å². The maximum atomic E-state index is 13.4. The summed E-state index contributed by atoms with van der Waals surface area (Å²) in [7, 11) is 0. The van der Waals surface area contributed by atoms with Gasteiger partial charge >= 0.3 is 0 Å². The summed E-state index contributed by atoms with van der Waals surface area (Å²) in [6.07, 6.45) is 4.71. The molecular weight excluding hydrogens is 507 g/mol. The average molecular weight is 533 g/mol. The zero-order valence-electron chi connectivity index (χ0n) is 20.7. The first kappa shape index (κ1) is 24.1. The number of Topliss-reactive ketones (excluding diaryl/α,β-unsaturated/α-hetero) is 1. The second-order valence-electron chi connectivity index (χ2n) is 9.51. The van der Waals surface area contributed by atoms with Gasteiger partial charge in [0.25, 0.3) is 0 Å². The number of aromatic nitrogens is 1. The van der Waals surface area contributed by atoms with Crippen LogP contribution in [-0.2, 0) is 19.5 Å². The van der Waals surface area contributed by atoms with E-state index in [9.17, 15) is 4.79 Å². The third-order valence-electron chi connectivity index (χ3n) is 7.16. The van der Waals surface area contributed by atoms with Gasteiger partial charge in [-0.15, -0.1) is 0 Å². The number of rotatable bonds is 5. The van der Waals surface area contributed by atoms with Crippen LogP contribution in [0.1, 0.15) is 39.5 Å². The Morgan fingerprint density at radius 3 is 2.73 bits per heavy atom. The van der Waals surface area contributed by atoms with Crippen LogP contribution in [0.15, 0.2) is 60.5 Å². The number of ether oxygens (including phenoxy) is 2. The van der Waals surface area contributed by atoms with Gasteiger partial charge in [-0.2, -0.15) is 0 Å². The highest BCUT2D eigenvalue weighted by Gasteiger charge is 2.33. The molecule has 7 heteroatoms. The van der Waals surface area contributed by atoms with Crippen molar-refractivity contribution in [3.8, 4) is 11.5 Å². The molecule has 3 aromatic carbocycles. The van der Waals surface area contributed by atoms with Crippen LogP contribution in [-0.4, -0.2) is 28.5 Å². The Morgan fingerprint density at radius 2 is 1.92 bits per heavy atom. The molecule has 37 heavy (non-hydrogen) atoms. The Kier molecular flexibility index (Phi) is 6.23. The van der Waals surface area contributed by atoms with Crippen LogP contribution < -0.4 is 9.47 Å². The molecule has 0 amide bonds. The number of hydrogen-bond acceptors (Lipinski definition) is 4. The van der Waals surface area contributed by atoms with Crippen LogP contribution in [0.2, 0.25) is 10.0 Å². The molecule has 0 unspecified atom stereocenters. The van der Waals surface area contributed by atoms with Crippen LogP contribution >= 0.6 is 23.2 Å². The predicted molar refractivity (Wildman–Crippen MR) is 148 cm³/mol. The minimum absolute atomic E-state index is 0.0979. The molecule has 0 saturated carbocycles. The van der Waals surface area contributed by atoms with E-state index in [0.29, 0.717) is 40.4 Å². The van der Waals surface area contributed by atoms with E-state index in [0.717, 1.165) is 58.4 Å². The van der Waals surface area contributed by atoms with Crippen molar-refractivity contribution in [2.75, 3.05) is 13.3 Å². The molecule has 0 bridgehead atoms. The van der Waals surface area contributed by atoms with Gasteiger partial charge in [0.15, 0.2) is 5.76 Å². The van der Waals surface area contributed by atoms with Crippen molar-refractivity contribution in [2.24, 2.45) is 0 Å². The van der Waals surface area contributed by atoms with E-state index in [-0.39, 0.29) is 5.78 Å². The summed E-state index contributed by atoms with van der Waals surface area (Å²) in [5, 5.41) is 2.40. The minimum Gasteiger partial charge on any atom is -0.477 e. The fourth-order valence-electron chi connectivity index (χ4n) is 5.24. The average Bonchev–Trinajstić information content (AvgIpc) is 3.41. The van der Waals surface area contributed by atoms with Gasteiger partial charge < -0.3 is 14.0 Å². The van der Waals surface area contributed by atoms with Crippen LogP contribution in [0, 0.1) is 6.92 Å². The Labute approximate surface area is 225 Å². The number of carbonyl (C=O) groups excluding carboxylic acids is 1. The summed E-state index contributed by atoms with van der Waals surface area (Å²) in [5.74, 6) is 1.64. The van der Waals surface area contributed by atoms with Crippen molar-refractivity contribution < 1.29 is 14.3 Å². The lowest BCUT2D eigenvalue weighted by Gasteiger charge is -2.30. The maximum Gasteiger partial charge on any atom is 0.231 e. The molecule has 2 aliphatic rings. The molecule has 0 radical (unpaired) electrons. The molecule has 0 saturated heterocycles. The summed E-state index contributed by atoms with van der Waals surface area (Å²) >= 11 is 12.4. The SMILES string of the molecule is CCn1cc(/C=C2\Oc3c(cc4c(c3C)OCN(CCc3ccc(Cl)cc3Cl)C4)C2=O)c2ccccc21. The minimum atomic E-state index is -0.0979. The van der Waals surface area contributed by atoms with E-state index in [1.807, 2.05) is 43.3 Å². The highest BCUT2D eigenvalue weighted by molar-refractivity contribution is 6.35. The van der Waals surface area contributed by atoms with Crippen molar-refractivity contribution in [1.29, 1.82) is 0 Å². The lowest BCUT2D eigenvalue weighted by atomic mass is 9.99. The van der Waals surface area contributed by atoms with Crippen LogP contribution in [0.25, 0.3) is 17.0 Å². The van der Waals surface area contributed by atoms with Crippen LogP contribution in [0.4, 0.5) is 0 Å². The summed E-state index contributed by atoms with van der Waals surface area (Å²) in [5.41, 5.74) is 5.60. The molecule has 4 aromatic rings. The van der Waals surface area contributed by atoms with E-state index in [4.69, 9.17) is 32.7 Å². The largest absolute Gasteiger partial charge is 0.477 e. The monoisotopic (exact) mass is 532 g/mol. The molecule has 0 N–H and O–H groups in total. The van der Waals surface area contributed by atoms with Gasteiger partial charge in [-0.3, -0.25) is 9.69 Å².